The number of amides is 1. The molecule has 1 atom stereocenters. The quantitative estimate of drug-likeness (QED) is 0.581. The number of phenols is 1. The number of aromatic nitrogens is 2. The minimum absolute atomic E-state index is 0.0463. The van der Waals surface area contributed by atoms with E-state index in [1.54, 1.807) is 18.2 Å². The first-order chi connectivity index (χ1) is 13.0. The maximum atomic E-state index is 12.2. The van der Waals surface area contributed by atoms with Crippen LogP contribution < -0.4 is 5.32 Å². The highest BCUT2D eigenvalue weighted by Crippen LogP contribution is 2.22. The van der Waals surface area contributed by atoms with Crippen molar-refractivity contribution < 1.29 is 18.7 Å². The molecule has 3 N–H and O–H groups in total. The SMILES string of the molecule is N#Cc1cnn(-c2ccc(NC(=O)Cc3ccc(O)cc3)cc2S(=O)O)c1. The Balaban J connectivity index is 1.81. The zero-order valence-corrected chi connectivity index (χ0v) is 14.7. The maximum Gasteiger partial charge on any atom is 0.228 e. The first kappa shape index (κ1) is 18.3. The van der Waals surface area contributed by atoms with Gasteiger partial charge in [-0.05, 0) is 35.9 Å². The summed E-state index contributed by atoms with van der Waals surface area (Å²) in [6.45, 7) is 0. The van der Waals surface area contributed by atoms with E-state index in [4.69, 9.17) is 5.26 Å². The molecule has 27 heavy (non-hydrogen) atoms. The molecule has 2 aromatic carbocycles. The van der Waals surface area contributed by atoms with Gasteiger partial charge in [-0.15, -0.1) is 0 Å². The van der Waals surface area contributed by atoms with Gasteiger partial charge in [-0.3, -0.25) is 4.79 Å². The molecule has 1 aromatic heterocycles. The number of nitrogens with one attached hydrogen (secondary N) is 1. The Kier molecular flexibility index (Phi) is 5.30. The fraction of sp³-hybridized carbons (Fsp3) is 0.0556. The van der Waals surface area contributed by atoms with E-state index in [1.165, 1.54) is 41.3 Å². The standard InChI is InChI=1S/C18H14N4O4S/c19-9-13-10-20-22(11-13)16-6-3-14(8-17(16)27(25)26)21-18(24)7-12-1-4-15(23)5-2-12/h1-6,8,10-11,23H,7H2,(H,21,24)(H,25,26). The molecular weight excluding hydrogens is 368 g/mol. The van der Waals surface area contributed by atoms with Crippen molar-refractivity contribution in [1.82, 2.24) is 9.78 Å². The lowest BCUT2D eigenvalue weighted by Crippen LogP contribution is -2.15. The lowest BCUT2D eigenvalue weighted by molar-refractivity contribution is -0.115. The fourth-order valence-electron chi connectivity index (χ4n) is 2.44. The number of hydrogen-bond donors (Lipinski definition) is 3. The Morgan fingerprint density at radius 1 is 1.26 bits per heavy atom. The lowest BCUT2D eigenvalue weighted by atomic mass is 10.1. The molecule has 0 spiro atoms. The van der Waals surface area contributed by atoms with Crippen LogP contribution in [-0.4, -0.2) is 29.6 Å². The highest BCUT2D eigenvalue weighted by Gasteiger charge is 2.14. The number of aromatic hydroxyl groups is 1. The monoisotopic (exact) mass is 382 g/mol. The molecule has 0 radical (unpaired) electrons. The van der Waals surface area contributed by atoms with Gasteiger partial charge in [0.25, 0.3) is 0 Å². The van der Waals surface area contributed by atoms with Crippen molar-refractivity contribution in [2.24, 2.45) is 0 Å². The number of nitriles is 1. The molecular formula is C18H14N4O4S. The van der Waals surface area contributed by atoms with Gasteiger partial charge in [-0.1, -0.05) is 12.1 Å². The summed E-state index contributed by atoms with van der Waals surface area (Å²) in [5.41, 5.74) is 1.71. The Morgan fingerprint density at radius 2 is 2.00 bits per heavy atom. The van der Waals surface area contributed by atoms with Crippen molar-refractivity contribution >= 4 is 22.7 Å². The molecule has 1 unspecified atom stereocenters. The molecule has 0 aliphatic rings. The van der Waals surface area contributed by atoms with Crippen LogP contribution in [0.1, 0.15) is 11.1 Å². The van der Waals surface area contributed by atoms with Gasteiger partial charge in [0, 0.05) is 11.9 Å². The number of carbonyl (C=O) groups is 1. The third-order valence-electron chi connectivity index (χ3n) is 3.69. The molecule has 3 aromatic rings. The summed E-state index contributed by atoms with van der Waals surface area (Å²) in [5.74, 6) is -0.197. The minimum atomic E-state index is -2.32. The summed E-state index contributed by atoms with van der Waals surface area (Å²) in [7, 11) is 0. The van der Waals surface area contributed by atoms with Crippen LogP contribution in [0.25, 0.3) is 5.69 Å². The maximum absolute atomic E-state index is 12.2. The number of anilines is 1. The second-order valence-corrected chi connectivity index (χ2v) is 6.55. The van der Waals surface area contributed by atoms with Crippen LogP contribution in [0.15, 0.2) is 59.8 Å². The Hall–Kier alpha value is -3.48. The largest absolute Gasteiger partial charge is 0.508 e. The van der Waals surface area contributed by atoms with Crippen LogP contribution in [-0.2, 0) is 22.3 Å². The molecule has 0 saturated heterocycles. The summed E-state index contributed by atoms with van der Waals surface area (Å²) < 4.78 is 22.6. The first-order valence-corrected chi connectivity index (χ1v) is 8.85. The molecule has 3 rings (SSSR count). The molecule has 1 heterocycles. The van der Waals surface area contributed by atoms with Gasteiger partial charge < -0.3 is 15.0 Å². The van der Waals surface area contributed by atoms with Crippen LogP contribution in [0.4, 0.5) is 5.69 Å². The highest BCUT2D eigenvalue weighted by atomic mass is 32.2. The molecule has 136 valence electrons. The minimum Gasteiger partial charge on any atom is -0.508 e. The predicted octanol–water partition coefficient (Wildman–Crippen LogP) is 2.21. The predicted molar refractivity (Wildman–Crippen MR) is 97.8 cm³/mol. The van der Waals surface area contributed by atoms with Gasteiger partial charge >= 0.3 is 0 Å². The van der Waals surface area contributed by atoms with Crippen molar-refractivity contribution in [3.05, 3.63) is 66.0 Å². The van der Waals surface area contributed by atoms with E-state index in [9.17, 15) is 18.7 Å². The number of hydrogen-bond acceptors (Lipinski definition) is 5. The average Bonchev–Trinajstić information content (AvgIpc) is 3.12. The normalized spacial score (nSPS) is 11.6. The van der Waals surface area contributed by atoms with E-state index >= 15 is 0 Å². The zero-order chi connectivity index (χ0) is 19.4. The second kappa shape index (κ2) is 7.82. The van der Waals surface area contributed by atoms with E-state index in [1.807, 2.05) is 6.07 Å². The summed E-state index contributed by atoms with van der Waals surface area (Å²) >= 11 is -2.32. The van der Waals surface area contributed by atoms with Crippen LogP contribution >= 0.6 is 0 Å². The number of rotatable bonds is 5. The Morgan fingerprint density at radius 3 is 2.63 bits per heavy atom. The Bertz CT molecular complexity index is 1050. The Labute approximate surface area is 157 Å². The third kappa shape index (κ3) is 4.38. The smallest absolute Gasteiger partial charge is 0.228 e. The zero-order valence-electron chi connectivity index (χ0n) is 13.9. The van der Waals surface area contributed by atoms with Gasteiger partial charge in [0.15, 0.2) is 11.1 Å². The van der Waals surface area contributed by atoms with Crippen LogP contribution in [0, 0.1) is 11.3 Å². The highest BCUT2D eigenvalue weighted by molar-refractivity contribution is 7.79. The summed E-state index contributed by atoms with van der Waals surface area (Å²) in [6, 6.07) is 12.7. The number of phenolic OH excluding ortho intramolecular Hbond substituents is 1. The van der Waals surface area contributed by atoms with Crippen molar-refractivity contribution in [3.63, 3.8) is 0 Å². The molecule has 1 amide bonds. The second-order valence-electron chi connectivity index (χ2n) is 5.61. The van der Waals surface area contributed by atoms with E-state index in [2.05, 4.69) is 10.4 Å². The molecule has 0 aliphatic carbocycles. The molecule has 0 bridgehead atoms. The summed E-state index contributed by atoms with van der Waals surface area (Å²) in [4.78, 5) is 12.2. The molecule has 0 aliphatic heterocycles. The number of nitrogens with zero attached hydrogens (tertiary/aromatic N) is 3. The molecule has 0 saturated carbocycles. The summed E-state index contributed by atoms with van der Waals surface area (Å²) in [6.07, 6.45) is 2.87. The molecule has 9 heteroatoms. The summed E-state index contributed by atoms with van der Waals surface area (Å²) in [5, 5.41) is 24.8. The lowest BCUT2D eigenvalue weighted by Gasteiger charge is -2.10. The van der Waals surface area contributed by atoms with Gasteiger partial charge in [-0.25, -0.2) is 8.89 Å². The van der Waals surface area contributed by atoms with E-state index in [0.29, 0.717) is 22.5 Å². The van der Waals surface area contributed by atoms with E-state index < -0.39 is 11.1 Å². The van der Waals surface area contributed by atoms with Gasteiger partial charge in [-0.2, -0.15) is 10.4 Å². The average molecular weight is 382 g/mol. The third-order valence-corrected chi connectivity index (χ3v) is 4.39. The van der Waals surface area contributed by atoms with Crippen LogP contribution in [0.5, 0.6) is 5.75 Å². The van der Waals surface area contributed by atoms with Crippen molar-refractivity contribution in [3.8, 4) is 17.5 Å². The number of carbonyl (C=O) groups excluding carboxylic acids is 1. The van der Waals surface area contributed by atoms with Crippen molar-refractivity contribution in [2.75, 3.05) is 5.32 Å². The first-order valence-electron chi connectivity index (χ1n) is 7.74. The van der Waals surface area contributed by atoms with Crippen LogP contribution in [0.2, 0.25) is 0 Å². The van der Waals surface area contributed by atoms with Gasteiger partial charge in [0.05, 0.1) is 28.8 Å². The topological polar surface area (TPSA) is 128 Å². The molecule has 0 fully saturated rings. The fourth-order valence-corrected chi connectivity index (χ4v) is 3.01. The van der Waals surface area contributed by atoms with Crippen molar-refractivity contribution in [1.29, 1.82) is 5.26 Å². The van der Waals surface area contributed by atoms with Crippen LogP contribution in [0.3, 0.4) is 0 Å². The van der Waals surface area contributed by atoms with Gasteiger partial charge in [0.1, 0.15) is 11.8 Å². The molecule has 8 nitrogen and oxygen atoms in total. The van der Waals surface area contributed by atoms with E-state index in [-0.39, 0.29) is 23.0 Å². The van der Waals surface area contributed by atoms with Gasteiger partial charge in [0.2, 0.25) is 5.91 Å². The van der Waals surface area contributed by atoms with E-state index in [0.717, 1.165) is 0 Å². The number of benzene rings is 2. The van der Waals surface area contributed by atoms with Crippen molar-refractivity contribution in [2.45, 2.75) is 11.3 Å².